The SMILES string of the molecule is Cc1cc(Cl)ccc1OCC(=O)N[C@@H]1COCC[C@@H]1OCC(N)=O. The third-order valence-electron chi connectivity index (χ3n) is 3.57. The minimum absolute atomic E-state index is 0.137. The number of amides is 2. The van der Waals surface area contributed by atoms with Gasteiger partial charge in [0.15, 0.2) is 6.61 Å². The molecule has 1 aliphatic rings. The number of primary amides is 1. The molecular weight excluding hydrogens is 336 g/mol. The molecule has 132 valence electrons. The Labute approximate surface area is 145 Å². The third kappa shape index (κ3) is 5.67. The number of ether oxygens (including phenoxy) is 3. The summed E-state index contributed by atoms with van der Waals surface area (Å²) in [6, 6.07) is 4.83. The van der Waals surface area contributed by atoms with Gasteiger partial charge in [0.1, 0.15) is 12.4 Å². The molecule has 1 saturated heterocycles. The quantitative estimate of drug-likeness (QED) is 0.752. The maximum atomic E-state index is 12.1. The fraction of sp³-hybridized carbons (Fsp3) is 0.500. The van der Waals surface area contributed by atoms with Crippen molar-refractivity contribution in [1.82, 2.24) is 5.32 Å². The number of aryl methyl sites for hydroxylation is 1. The molecule has 24 heavy (non-hydrogen) atoms. The first-order valence-electron chi connectivity index (χ1n) is 7.61. The normalized spacial score (nSPS) is 20.4. The summed E-state index contributed by atoms with van der Waals surface area (Å²) in [5, 5.41) is 3.41. The maximum absolute atomic E-state index is 12.1. The smallest absolute Gasteiger partial charge is 0.258 e. The number of nitrogens with two attached hydrogens (primary N) is 1. The number of carbonyl (C=O) groups excluding carboxylic acids is 2. The van der Waals surface area contributed by atoms with Crippen molar-refractivity contribution >= 4 is 23.4 Å². The lowest BCUT2D eigenvalue weighted by Gasteiger charge is -2.31. The molecule has 0 saturated carbocycles. The molecule has 8 heteroatoms. The Kier molecular flexibility index (Phi) is 6.84. The van der Waals surface area contributed by atoms with Crippen LogP contribution in [0.5, 0.6) is 5.75 Å². The van der Waals surface area contributed by atoms with Crippen LogP contribution in [0.1, 0.15) is 12.0 Å². The molecule has 0 radical (unpaired) electrons. The molecule has 1 fully saturated rings. The number of halogens is 1. The average Bonchev–Trinajstić information content (AvgIpc) is 2.53. The number of hydrogen-bond donors (Lipinski definition) is 2. The van der Waals surface area contributed by atoms with Crippen molar-refractivity contribution < 1.29 is 23.8 Å². The molecule has 7 nitrogen and oxygen atoms in total. The first kappa shape index (κ1) is 18.5. The van der Waals surface area contributed by atoms with Crippen LogP contribution in [0, 0.1) is 6.92 Å². The predicted octanol–water partition coefficient (Wildman–Crippen LogP) is 0.803. The molecule has 3 N–H and O–H groups in total. The number of carbonyl (C=O) groups is 2. The second-order valence-corrected chi connectivity index (χ2v) is 5.99. The summed E-state index contributed by atoms with van der Waals surface area (Å²) >= 11 is 5.88. The standard InChI is InChI=1S/C16H21ClN2O5/c1-10-6-11(17)2-3-13(10)24-9-16(21)19-12-7-22-5-4-14(12)23-8-15(18)20/h2-3,6,12,14H,4-5,7-9H2,1H3,(H2,18,20)(H,19,21)/t12-,14+/m1/s1. The minimum Gasteiger partial charge on any atom is -0.484 e. The van der Waals surface area contributed by atoms with Gasteiger partial charge in [-0.05, 0) is 37.1 Å². The Morgan fingerprint density at radius 3 is 2.92 bits per heavy atom. The van der Waals surface area contributed by atoms with Crippen molar-refractivity contribution in [3.8, 4) is 5.75 Å². The number of nitrogens with one attached hydrogen (secondary N) is 1. The molecule has 1 aromatic carbocycles. The number of hydrogen-bond acceptors (Lipinski definition) is 5. The van der Waals surface area contributed by atoms with E-state index in [0.29, 0.717) is 30.4 Å². The van der Waals surface area contributed by atoms with E-state index < -0.39 is 5.91 Å². The zero-order chi connectivity index (χ0) is 17.5. The van der Waals surface area contributed by atoms with Crippen LogP contribution in [0.2, 0.25) is 5.02 Å². The first-order chi connectivity index (χ1) is 11.5. The summed E-state index contributed by atoms with van der Waals surface area (Å²) in [5.74, 6) is -0.253. The van der Waals surface area contributed by atoms with Crippen LogP contribution in [0.15, 0.2) is 18.2 Å². The molecule has 1 aliphatic heterocycles. The fourth-order valence-electron chi connectivity index (χ4n) is 2.41. The highest BCUT2D eigenvalue weighted by atomic mass is 35.5. The van der Waals surface area contributed by atoms with Crippen molar-refractivity contribution in [3.05, 3.63) is 28.8 Å². The van der Waals surface area contributed by atoms with Gasteiger partial charge >= 0.3 is 0 Å². The van der Waals surface area contributed by atoms with Gasteiger partial charge in [-0.3, -0.25) is 9.59 Å². The van der Waals surface area contributed by atoms with Crippen LogP contribution in [0.25, 0.3) is 0 Å². The van der Waals surface area contributed by atoms with Gasteiger partial charge < -0.3 is 25.3 Å². The highest BCUT2D eigenvalue weighted by molar-refractivity contribution is 6.30. The lowest BCUT2D eigenvalue weighted by Crippen LogP contribution is -2.52. The Bertz CT molecular complexity index is 596. The van der Waals surface area contributed by atoms with Gasteiger partial charge in [-0.15, -0.1) is 0 Å². The minimum atomic E-state index is -0.548. The van der Waals surface area contributed by atoms with E-state index in [0.717, 1.165) is 5.56 Å². The summed E-state index contributed by atoms with van der Waals surface area (Å²) in [4.78, 5) is 22.9. The topological polar surface area (TPSA) is 99.9 Å². The largest absolute Gasteiger partial charge is 0.484 e. The highest BCUT2D eigenvalue weighted by Gasteiger charge is 2.28. The van der Waals surface area contributed by atoms with Crippen molar-refractivity contribution in [2.75, 3.05) is 26.4 Å². The molecule has 1 heterocycles. The monoisotopic (exact) mass is 356 g/mol. The van der Waals surface area contributed by atoms with Crippen LogP contribution in [0.3, 0.4) is 0 Å². The Hall–Kier alpha value is -1.83. The second kappa shape index (κ2) is 8.86. The summed E-state index contributed by atoms with van der Waals surface area (Å²) in [7, 11) is 0. The van der Waals surface area contributed by atoms with Crippen LogP contribution < -0.4 is 15.8 Å². The van der Waals surface area contributed by atoms with Crippen LogP contribution in [-0.2, 0) is 19.1 Å². The maximum Gasteiger partial charge on any atom is 0.258 e. The zero-order valence-electron chi connectivity index (χ0n) is 13.4. The summed E-state index contributed by atoms with van der Waals surface area (Å²) in [6.45, 7) is 2.35. The summed E-state index contributed by atoms with van der Waals surface area (Å²) in [6.07, 6.45) is 0.266. The second-order valence-electron chi connectivity index (χ2n) is 5.55. The van der Waals surface area contributed by atoms with Crippen molar-refractivity contribution in [1.29, 1.82) is 0 Å². The predicted molar refractivity (Wildman–Crippen MR) is 88.0 cm³/mol. The fourth-order valence-corrected chi connectivity index (χ4v) is 2.63. The molecule has 0 aromatic heterocycles. The molecule has 0 unspecified atom stereocenters. The molecular formula is C16H21ClN2O5. The lowest BCUT2D eigenvalue weighted by atomic mass is 10.1. The van der Waals surface area contributed by atoms with E-state index in [1.54, 1.807) is 18.2 Å². The van der Waals surface area contributed by atoms with Gasteiger partial charge in [-0.25, -0.2) is 0 Å². The van der Waals surface area contributed by atoms with E-state index in [-0.39, 0.29) is 31.3 Å². The lowest BCUT2D eigenvalue weighted by molar-refractivity contribution is -0.132. The van der Waals surface area contributed by atoms with Crippen molar-refractivity contribution in [2.45, 2.75) is 25.5 Å². The van der Waals surface area contributed by atoms with Crippen LogP contribution in [-0.4, -0.2) is 50.4 Å². The molecule has 2 rings (SSSR count). The van der Waals surface area contributed by atoms with Gasteiger partial charge in [-0.2, -0.15) is 0 Å². The zero-order valence-corrected chi connectivity index (χ0v) is 14.2. The molecule has 0 spiro atoms. The number of benzene rings is 1. The first-order valence-corrected chi connectivity index (χ1v) is 7.99. The Morgan fingerprint density at radius 1 is 1.42 bits per heavy atom. The Balaban J connectivity index is 1.84. The van der Waals surface area contributed by atoms with E-state index in [9.17, 15) is 9.59 Å². The molecule has 2 atom stereocenters. The van der Waals surface area contributed by atoms with Crippen LogP contribution >= 0.6 is 11.6 Å². The molecule has 0 aliphatic carbocycles. The van der Waals surface area contributed by atoms with Gasteiger partial charge in [0.05, 0.1) is 18.8 Å². The molecule has 0 bridgehead atoms. The van der Waals surface area contributed by atoms with E-state index in [4.69, 9.17) is 31.5 Å². The van der Waals surface area contributed by atoms with Gasteiger partial charge in [0.25, 0.3) is 5.91 Å². The van der Waals surface area contributed by atoms with E-state index in [2.05, 4.69) is 5.32 Å². The highest BCUT2D eigenvalue weighted by Crippen LogP contribution is 2.21. The molecule has 2 amide bonds. The molecule has 1 aromatic rings. The Morgan fingerprint density at radius 2 is 2.21 bits per heavy atom. The average molecular weight is 357 g/mol. The third-order valence-corrected chi connectivity index (χ3v) is 3.81. The van der Waals surface area contributed by atoms with Crippen LogP contribution in [0.4, 0.5) is 0 Å². The summed E-state index contributed by atoms with van der Waals surface area (Å²) < 4.78 is 16.3. The van der Waals surface area contributed by atoms with Crippen molar-refractivity contribution in [2.24, 2.45) is 5.73 Å². The van der Waals surface area contributed by atoms with E-state index >= 15 is 0 Å². The van der Waals surface area contributed by atoms with Gasteiger partial charge in [0.2, 0.25) is 5.91 Å². The summed E-state index contributed by atoms with van der Waals surface area (Å²) in [5.41, 5.74) is 5.93. The van der Waals surface area contributed by atoms with Crippen molar-refractivity contribution in [3.63, 3.8) is 0 Å². The van der Waals surface area contributed by atoms with Gasteiger partial charge in [0, 0.05) is 11.6 Å². The van der Waals surface area contributed by atoms with Gasteiger partial charge in [-0.1, -0.05) is 11.6 Å². The van der Waals surface area contributed by atoms with E-state index in [1.165, 1.54) is 0 Å². The number of rotatable bonds is 7. The van der Waals surface area contributed by atoms with E-state index in [1.807, 2.05) is 6.92 Å².